The molecule has 0 saturated carbocycles. The van der Waals surface area contributed by atoms with Crippen LogP contribution in [0.3, 0.4) is 0 Å². The number of hydrogen-bond acceptors (Lipinski definition) is 4. The number of para-hydroxylation sites is 2. The SMILES string of the molecule is CC1(C)c2ccc(-c3nc(-c4ccccc4)nc(-c4ccccc4)n3)cc2-c2cc(N3c4ccccc4C(C)(C)c4ccccc43)ccc21. The lowest BCUT2D eigenvalue weighted by molar-refractivity contribution is 0.632. The Hall–Kier alpha value is -5.87. The van der Waals surface area contributed by atoms with Crippen LogP contribution in [0.25, 0.3) is 45.3 Å². The normalized spacial score (nSPS) is 14.8. The second-order valence-electron chi connectivity index (χ2n) is 14.1. The fraction of sp³-hybridized carbons (Fsp3) is 0.133. The van der Waals surface area contributed by atoms with Gasteiger partial charge in [-0.05, 0) is 63.7 Å². The van der Waals surface area contributed by atoms with Gasteiger partial charge in [0.15, 0.2) is 17.5 Å². The monoisotopic (exact) mass is 632 g/mol. The predicted octanol–water partition coefficient (Wildman–Crippen LogP) is 11.3. The number of aromatic nitrogens is 3. The predicted molar refractivity (Wildman–Crippen MR) is 201 cm³/mol. The maximum atomic E-state index is 5.04. The second kappa shape index (κ2) is 10.8. The molecular formula is C45H36N4. The van der Waals surface area contributed by atoms with E-state index in [1.54, 1.807) is 0 Å². The van der Waals surface area contributed by atoms with Crippen molar-refractivity contribution >= 4 is 17.1 Å². The Morgan fingerprint density at radius 3 is 1.37 bits per heavy atom. The van der Waals surface area contributed by atoms with Crippen molar-refractivity contribution in [3.63, 3.8) is 0 Å². The lowest BCUT2D eigenvalue weighted by Crippen LogP contribution is -2.30. The summed E-state index contributed by atoms with van der Waals surface area (Å²) in [5.74, 6) is 2.00. The van der Waals surface area contributed by atoms with Gasteiger partial charge in [0.05, 0.1) is 11.4 Å². The third-order valence-corrected chi connectivity index (χ3v) is 10.5. The Labute approximate surface area is 287 Å². The van der Waals surface area contributed by atoms with Crippen LogP contribution in [0.15, 0.2) is 146 Å². The third-order valence-electron chi connectivity index (χ3n) is 10.5. The molecule has 0 saturated heterocycles. The number of hydrogen-bond donors (Lipinski definition) is 0. The van der Waals surface area contributed by atoms with Crippen LogP contribution in [-0.2, 0) is 10.8 Å². The lowest BCUT2D eigenvalue weighted by Gasteiger charge is -2.42. The second-order valence-corrected chi connectivity index (χ2v) is 14.1. The van der Waals surface area contributed by atoms with Crippen LogP contribution < -0.4 is 4.90 Å². The van der Waals surface area contributed by atoms with Gasteiger partial charge in [0.1, 0.15) is 0 Å². The number of anilines is 3. The van der Waals surface area contributed by atoms with E-state index in [0.29, 0.717) is 17.5 Å². The Bertz CT molecular complexity index is 2290. The average Bonchev–Trinajstić information content (AvgIpc) is 3.37. The molecule has 6 aromatic carbocycles. The quantitative estimate of drug-likeness (QED) is 0.194. The van der Waals surface area contributed by atoms with E-state index in [0.717, 1.165) is 22.4 Å². The molecule has 236 valence electrons. The van der Waals surface area contributed by atoms with E-state index in [1.165, 1.54) is 44.8 Å². The zero-order valence-corrected chi connectivity index (χ0v) is 28.1. The summed E-state index contributed by atoms with van der Waals surface area (Å²) in [4.78, 5) is 17.4. The topological polar surface area (TPSA) is 41.9 Å². The van der Waals surface area contributed by atoms with E-state index in [-0.39, 0.29) is 10.8 Å². The zero-order valence-electron chi connectivity index (χ0n) is 28.1. The molecule has 4 nitrogen and oxygen atoms in total. The molecule has 0 N–H and O–H groups in total. The maximum absolute atomic E-state index is 5.04. The van der Waals surface area contributed by atoms with Crippen LogP contribution in [0.4, 0.5) is 17.1 Å². The van der Waals surface area contributed by atoms with Gasteiger partial charge in [-0.15, -0.1) is 0 Å². The van der Waals surface area contributed by atoms with Crippen LogP contribution in [0, 0.1) is 0 Å². The van der Waals surface area contributed by atoms with Gasteiger partial charge in [0.25, 0.3) is 0 Å². The molecule has 2 aliphatic rings. The molecule has 0 spiro atoms. The van der Waals surface area contributed by atoms with E-state index in [9.17, 15) is 0 Å². The van der Waals surface area contributed by atoms with Crippen molar-refractivity contribution in [2.24, 2.45) is 0 Å². The summed E-state index contributed by atoms with van der Waals surface area (Å²) in [7, 11) is 0. The first kappa shape index (κ1) is 29.3. The highest BCUT2D eigenvalue weighted by atomic mass is 15.2. The molecular weight excluding hydrogens is 597 g/mol. The lowest BCUT2D eigenvalue weighted by atomic mass is 9.73. The minimum absolute atomic E-state index is 0.106. The van der Waals surface area contributed by atoms with Gasteiger partial charge in [-0.3, -0.25) is 0 Å². The summed E-state index contributed by atoms with van der Waals surface area (Å²) in [5.41, 5.74) is 14.0. The molecule has 0 fully saturated rings. The molecule has 2 heterocycles. The first-order valence-electron chi connectivity index (χ1n) is 17.0. The fourth-order valence-corrected chi connectivity index (χ4v) is 7.92. The van der Waals surface area contributed by atoms with Gasteiger partial charge in [-0.1, -0.05) is 143 Å². The molecule has 0 radical (unpaired) electrons. The summed E-state index contributed by atoms with van der Waals surface area (Å²) < 4.78 is 0. The maximum Gasteiger partial charge on any atom is 0.164 e. The molecule has 1 aliphatic heterocycles. The fourth-order valence-electron chi connectivity index (χ4n) is 7.92. The van der Waals surface area contributed by atoms with Gasteiger partial charge in [0, 0.05) is 33.2 Å². The number of benzene rings is 6. The van der Waals surface area contributed by atoms with Crippen molar-refractivity contribution in [2.75, 3.05) is 4.90 Å². The number of rotatable bonds is 4. The van der Waals surface area contributed by atoms with E-state index in [4.69, 9.17) is 15.0 Å². The van der Waals surface area contributed by atoms with Crippen LogP contribution in [0.2, 0.25) is 0 Å². The molecule has 0 amide bonds. The standard InChI is InChI=1S/C45H36N4/c1-44(2)35-25-23-31(43-47-41(29-15-7-5-8-16-29)46-42(48-43)30-17-9-6-10-18-30)27-33(35)34-28-32(24-26-36(34)44)49-39-21-13-11-19-37(39)45(3,4)38-20-12-14-22-40(38)49/h5-28H,1-4H3. The third kappa shape index (κ3) is 4.55. The summed E-state index contributed by atoms with van der Waals surface area (Å²) in [5, 5.41) is 0. The van der Waals surface area contributed by atoms with E-state index in [1.807, 2.05) is 36.4 Å². The van der Waals surface area contributed by atoms with Gasteiger partial charge >= 0.3 is 0 Å². The molecule has 4 heteroatoms. The molecule has 0 bridgehead atoms. The van der Waals surface area contributed by atoms with E-state index >= 15 is 0 Å². The highest BCUT2D eigenvalue weighted by Gasteiger charge is 2.39. The largest absolute Gasteiger partial charge is 0.310 e. The first-order chi connectivity index (χ1) is 23.8. The van der Waals surface area contributed by atoms with E-state index in [2.05, 4.69) is 142 Å². The molecule has 0 unspecified atom stereocenters. The Morgan fingerprint density at radius 2 is 0.816 bits per heavy atom. The van der Waals surface area contributed by atoms with Crippen molar-refractivity contribution in [2.45, 2.75) is 38.5 Å². The van der Waals surface area contributed by atoms with Gasteiger partial charge in [0.2, 0.25) is 0 Å². The minimum atomic E-state index is -0.148. The highest BCUT2D eigenvalue weighted by molar-refractivity contribution is 5.91. The van der Waals surface area contributed by atoms with Crippen molar-refractivity contribution in [1.82, 2.24) is 15.0 Å². The summed E-state index contributed by atoms with van der Waals surface area (Å²) in [6, 6.07) is 51.7. The molecule has 9 rings (SSSR count). The summed E-state index contributed by atoms with van der Waals surface area (Å²) >= 11 is 0. The number of fused-ring (bicyclic) bond motifs is 5. The van der Waals surface area contributed by atoms with Crippen molar-refractivity contribution < 1.29 is 0 Å². The van der Waals surface area contributed by atoms with Crippen LogP contribution in [0.1, 0.15) is 49.9 Å². The van der Waals surface area contributed by atoms with Crippen molar-refractivity contribution in [3.8, 4) is 45.3 Å². The zero-order chi connectivity index (χ0) is 33.3. The molecule has 7 aromatic rings. The number of nitrogens with zero attached hydrogens (tertiary/aromatic N) is 4. The summed E-state index contributed by atoms with van der Waals surface area (Å²) in [6.45, 7) is 9.32. The van der Waals surface area contributed by atoms with Gasteiger partial charge in [-0.25, -0.2) is 15.0 Å². The van der Waals surface area contributed by atoms with Gasteiger partial charge < -0.3 is 4.90 Å². The molecule has 1 aromatic heterocycles. The average molecular weight is 633 g/mol. The summed E-state index contributed by atoms with van der Waals surface area (Å²) in [6.07, 6.45) is 0. The molecule has 0 atom stereocenters. The highest BCUT2D eigenvalue weighted by Crippen LogP contribution is 2.55. The van der Waals surface area contributed by atoms with Crippen LogP contribution in [-0.4, -0.2) is 15.0 Å². The van der Waals surface area contributed by atoms with Gasteiger partial charge in [-0.2, -0.15) is 0 Å². The van der Waals surface area contributed by atoms with Crippen molar-refractivity contribution in [1.29, 1.82) is 0 Å². The first-order valence-corrected chi connectivity index (χ1v) is 17.0. The Morgan fingerprint density at radius 1 is 0.388 bits per heavy atom. The van der Waals surface area contributed by atoms with Crippen molar-refractivity contribution in [3.05, 3.63) is 168 Å². The minimum Gasteiger partial charge on any atom is -0.310 e. The molecule has 49 heavy (non-hydrogen) atoms. The molecule has 1 aliphatic carbocycles. The van der Waals surface area contributed by atoms with Crippen LogP contribution >= 0.6 is 0 Å². The Kier molecular flexibility index (Phi) is 6.47. The van der Waals surface area contributed by atoms with Crippen LogP contribution in [0.5, 0.6) is 0 Å². The Balaban J connectivity index is 1.21. The smallest absolute Gasteiger partial charge is 0.164 e. The van der Waals surface area contributed by atoms with E-state index < -0.39 is 0 Å².